The van der Waals surface area contributed by atoms with Crippen LogP contribution < -0.4 is 0 Å². The summed E-state index contributed by atoms with van der Waals surface area (Å²) in [5.41, 5.74) is 0.759. The maximum absolute atomic E-state index is 12.2. The van der Waals surface area contributed by atoms with Crippen LogP contribution in [0.1, 0.15) is 29.6 Å². The van der Waals surface area contributed by atoms with E-state index < -0.39 is 0 Å². The van der Waals surface area contributed by atoms with Gasteiger partial charge in [-0.15, -0.1) is 0 Å². The Morgan fingerprint density at radius 2 is 1.94 bits per heavy atom. The molecule has 0 unspecified atom stereocenters. The minimum absolute atomic E-state index is 0.00241. The van der Waals surface area contributed by atoms with Crippen LogP contribution in [0, 0.1) is 17.8 Å². The van der Waals surface area contributed by atoms with E-state index in [1.165, 1.54) is 0 Å². The number of carbonyl (C=O) groups is 2. The van der Waals surface area contributed by atoms with E-state index in [-0.39, 0.29) is 17.6 Å². The second-order valence-corrected chi connectivity index (χ2v) is 4.80. The van der Waals surface area contributed by atoms with Gasteiger partial charge in [0.2, 0.25) is 0 Å². The normalized spacial score (nSPS) is 32.0. The molecule has 16 heavy (non-hydrogen) atoms. The van der Waals surface area contributed by atoms with Gasteiger partial charge >= 0.3 is 0 Å². The van der Waals surface area contributed by atoms with Crippen molar-refractivity contribution in [1.29, 1.82) is 0 Å². The Bertz CT molecular complexity index is 435. The van der Waals surface area contributed by atoms with Crippen molar-refractivity contribution in [2.75, 3.05) is 0 Å². The van der Waals surface area contributed by atoms with E-state index in [0.29, 0.717) is 18.1 Å². The second-order valence-electron chi connectivity index (χ2n) is 4.80. The van der Waals surface area contributed by atoms with Crippen molar-refractivity contribution < 1.29 is 9.59 Å². The molecular formula is C14H14O2. The molecular weight excluding hydrogens is 200 g/mol. The molecule has 0 heterocycles. The molecule has 1 aromatic carbocycles. The number of ketones is 2. The van der Waals surface area contributed by atoms with E-state index in [1.54, 1.807) is 0 Å². The van der Waals surface area contributed by atoms with Crippen molar-refractivity contribution in [2.24, 2.45) is 17.8 Å². The zero-order valence-corrected chi connectivity index (χ0v) is 9.06. The van der Waals surface area contributed by atoms with Gasteiger partial charge in [-0.05, 0) is 18.8 Å². The lowest BCUT2D eigenvalue weighted by Crippen LogP contribution is -2.09. The second kappa shape index (κ2) is 3.55. The van der Waals surface area contributed by atoms with Gasteiger partial charge in [-0.2, -0.15) is 0 Å². The van der Waals surface area contributed by atoms with Crippen LogP contribution in [0.3, 0.4) is 0 Å². The fourth-order valence-corrected chi connectivity index (χ4v) is 3.00. The first kappa shape index (κ1) is 9.76. The Morgan fingerprint density at radius 3 is 2.62 bits per heavy atom. The highest BCUT2D eigenvalue weighted by atomic mass is 16.1. The standard InChI is InChI=1S/C14H14O2/c15-11-8-4-7-10-12(11)13(10)14(16)9-5-2-1-3-6-9/h1-3,5-6,10,12-13H,4,7-8H2/t10-,12-,13+/m1/s1. The third-order valence-electron chi connectivity index (χ3n) is 3.86. The number of hydrogen-bond donors (Lipinski definition) is 0. The van der Waals surface area contributed by atoms with Gasteiger partial charge in [0.1, 0.15) is 5.78 Å². The molecule has 1 aromatic rings. The van der Waals surface area contributed by atoms with E-state index in [2.05, 4.69) is 0 Å². The van der Waals surface area contributed by atoms with Gasteiger partial charge in [0.25, 0.3) is 0 Å². The van der Waals surface area contributed by atoms with Crippen molar-refractivity contribution in [3.8, 4) is 0 Å². The van der Waals surface area contributed by atoms with Gasteiger partial charge in [0, 0.05) is 23.8 Å². The van der Waals surface area contributed by atoms with Crippen molar-refractivity contribution in [3.05, 3.63) is 35.9 Å². The largest absolute Gasteiger partial charge is 0.299 e. The van der Waals surface area contributed by atoms with Crippen LogP contribution in [0.5, 0.6) is 0 Å². The minimum atomic E-state index is -0.00241. The molecule has 0 saturated heterocycles. The molecule has 2 fully saturated rings. The summed E-state index contributed by atoms with van der Waals surface area (Å²) in [6, 6.07) is 9.35. The highest BCUT2D eigenvalue weighted by Gasteiger charge is 2.58. The molecule has 0 aliphatic heterocycles. The van der Waals surface area contributed by atoms with Crippen molar-refractivity contribution in [1.82, 2.24) is 0 Å². The number of benzene rings is 1. The number of Topliss-reactive ketones (excluding diaryl/α,β-unsaturated/α-hetero) is 2. The highest BCUT2D eigenvalue weighted by molar-refractivity contribution is 6.04. The first-order valence-electron chi connectivity index (χ1n) is 5.91. The van der Waals surface area contributed by atoms with Crippen LogP contribution in [0.2, 0.25) is 0 Å². The van der Waals surface area contributed by atoms with E-state index in [0.717, 1.165) is 18.4 Å². The van der Waals surface area contributed by atoms with Gasteiger partial charge in [-0.1, -0.05) is 30.3 Å². The van der Waals surface area contributed by atoms with Crippen molar-refractivity contribution in [2.45, 2.75) is 19.3 Å². The number of rotatable bonds is 2. The summed E-state index contributed by atoms with van der Waals surface area (Å²) in [6.07, 6.45) is 2.71. The van der Waals surface area contributed by atoms with Crippen LogP contribution in [0.25, 0.3) is 0 Å². The summed E-state index contributed by atoms with van der Waals surface area (Å²) in [5.74, 6) is 0.893. The minimum Gasteiger partial charge on any atom is -0.299 e. The third kappa shape index (κ3) is 1.41. The molecule has 3 atom stereocenters. The van der Waals surface area contributed by atoms with E-state index >= 15 is 0 Å². The molecule has 0 bridgehead atoms. The molecule has 0 spiro atoms. The van der Waals surface area contributed by atoms with Crippen LogP contribution in [-0.2, 0) is 4.79 Å². The predicted molar refractivity (Wildman–Crippen MR) is 60.1 cm³/mol. The monoisotopic (exact) mass is 214 g/mol. The van der Waals surface area contributed by atoms with Gasteiger partial charge < -0.3 is 0 Å². The third-order valence-corrected chi connectivity index (χ3v) is 3.86. The Morgan fingerprint density at radius 1 is 1.19 bits per heavy atom. The molecule has 3 rings (SSSR count). The van der Waals surface area contributed by atoms with Crippen LogP contribution in [0.15, 0.2) is 30.3 Å². The number of fused-ring (bicyclic) bond motifs is 1. The Balaban J connectivity index is 1.81. The summed E-state index contributed by atoms with van der Waals surface area (Å²) < 4.78 is 0. The van der Waals surface area contributed by atoms with Gasteiger partial charge in [0.15, 0.2) is 5.78 Å². The lowest BCUT2D eigenvalue weighted by molar-refractivity contribution is -0.121. The Labute approximate surface area is 94.7 Å². The molecule has 0 radical (unpaired) electrons. The van der Waals surface area contributed by atoms with Gasteiger partial charge in [-0.25, -0.2) is 0 Å². The first-order valence-corrected chi connectivity index (χ1v) is 5.91. The average Bonchev–Trinajstić information content (AvgIpc) is 3.05. The molecule has 0 aromatic heterocycles. The van der Waals surface area contributed by atoms with Gasteiger partial charge in [0.05, 0.1) is 0 Å². The quantitative estimate of drug-likeness (QED) is 0.709. The Hall–Kier alpha value is -1.44. The van der Waals surface area contributed by atoms with Crippen molar-refractivity contribution in [3.63, 3.8) is 0 Å². The fraction of sp³-hybridized carbons (Fsp3) is 0.429. The smallest absolute Gasteiger partial charge is 0.166 e. The molecule has 0 amide bonds. The maximum atomic E-state index is 12.2. The van der Waals surface area contributed by atoms with E-state index in [4.69, 9.17) is 0 Å². The fourth-order valence-electron chi connectivity index (χ4n) is 3.00. The van der Waals surface area contributed by atoms with Crippen LogP contribution in [0.4, 0.5) is 0 Å². The van der Waals surface area contributed by atoms with Crippen LogP contribution >= 0.6 is 0 Å². The zero-order valence-electron chi connectivity index (χ0n) is 9.06. The molecule has 2 heteroatoms. The number of hydrogen-bond acceptors (Lipinski definition) is 2. The zero-order chi connectivity index (χ0) is 11.1. The molecule has 2 nitrogen and oxygen atoms in total. The van der Waals surface area contributed by atoms with Crippen molar-refractivity contribution >= 4 is 11.6 Å². The molecule has 82 valence electrons. The summed E-state index contributed by atoms with van der Waals surface area (Å²) >= 11 is 0. The molecule has 2 saturated carbocycles. The first-order chi connectivity index (χ1) is 7.79. The SMILES string of the molecule is O=C1CCC[C@@H]2[C@H]1[C@H]2C(=O)c1ccccc1. The lowest BCUT2D eigenvalue weighted by Gasteiger charge is -2.04. The molecule has 0 N–H and O–H groups in total. The topological polar surface area (TPSA) is 34.1 Å². The predicted octanol–water partition coefficient (Wildman–Crippen LogP) is 2.48. The summed E-state index contributed by atoms with van der Waals surface area (Å²) in [4.78, 5) is 23.8. The van der Waals surface area contributed by atoms with Gasteiger partial charge in [-0.3, -0.25) is 9.59 Å². The van der Waals surface area contributed by atoms with E-state index in [1.807, 2.05) is 30.3 Å². The summed E-state index contributed by atoms with van der Waals surface area (Å²) in [7, 11) is 0. The molecule has 2 aliphatic carbocycles. The maximum Gasteiger partial charge on any atom is 0.166 e. The Kier molecular flexibility index (Phi) is 2.16. The average molecular weight is 214 g/mol. The van der Waals surface area contributed by atoms with E-state index in [9.17, 15) is 9.59 Å². The highest BCUT2D eigenvalue weighted by Crippen LogP contribution is 2.54. The lowest BCUT2D eigenvalue weighted by atomic mass is 10.00. The van der Waals surface area contributed by atoms with Crippen LogP contribution in [-0.4, -0.2) is 11.6 Å². The molecule has 2 aliphatic rings. The summed E-state index contributed by atoms with van der Waals surface area (Å²) in [5, 5.41) is 0. The number of carbonyl (C=O) groups excluding carboxylic acids is 2. The summed E-state index contributed by atoms with van der Waals surface area (Å²) in [6.45, 7) is 0.